The second-order valence-corrected chi connectivity index (χ2v) is 5.53. The van der Waals surface area contributed by atoms with Crippen molar-refractivity contribution < 1.29 is 9.53 Å². The minimum absolute atomic E-state index is 0.358. The maximum Gasteiger partial charge on any atom is 0.337 e. The molecule has 0 saturated carbocycles. The lowest BCUT2D eigenvalue weighted by Crippen LogP contribution is -2.05. The summed E-state index contributed by atoms with van der Waals surface area (Å²) in [5.41, 5.74) is 3.38. The second-order valence-electron chi connectivity index (χ2n) is 4.65. The average Bonchev–Trinajstić information content (AvgIpc) is 2.44. The number of nitrogens with one attached hydrogen (secondary N) is 1. The Kier molecular flexibility index (Phi) is 5.10. The summed E-state index contributed by atoms with van der Waals surface area (Å²) in [5.74, 6) is -0.358. The summed E-state index contributed by atoms with van der Waals surface area (Å²) in [5, 5.41) is 4.47. The van der Waals surface area contributed by atoms with E-state index in [-0.39, 0.29) is 5.97 Å². The Hall–Kier alpha value is -1.71. The van der Waals surface area contributed by atoms with Gasteiger partial charge in [-0.3, -0.25) is 0 Å². The van der Waals surface area contributed by atoms with Gasteiger partial charge in [-0.25, -0.2) is 4.79 Å². The molecule has 0 amide bonds. The Morgan fingerprint density at radius 1 is 1.14 bits per heavy atom. The van der Waals surface area contributed by atoms with Crippen molar-refractivity contribution in [2.75, 3.05) is 12.4 Å². The highest BCUT2D eigenvalue weighted by Crippen LogP contribution is 2.22. The number of hydrogen-bond acceptors (Lipinski definition) is 3. The van der Waals surface area contributed by atoms with Gasteiger partial charge in [0, 0.05) is 22.3 Å². The highest BCUT2D eigenvalue weighted by atomic mass is 35.5. The van der Waals surface area contributed by atoms with E-state index in [2.05, 4.69) is 5.32 Å². The van der Waals surface area contributed by atoms with Crippen LogP contribution in [0.4, 0.5) is 5.69 Å². The van der Waals surface area contributed by atoms with Crippen LogP contribution in [0.2, 0.25) is 10.0 Å². The lowest BCUT2D eigenvalue weighted by Gasteiger charge is -2.11. The molecule has 0 spiro atoms. The zero-order valence-corrected chi connectivity index (χ0v) is 13.3. The van der Waals surface area contributed by atoms with E-state index in [1.165, 1.54) is 7.11 Å². The highest BCUT2D eigenvalue weighted by Gasteiger charge is 2.08. The summed E-state index contributed by atoms with van der Waals surface area (Å²) in [6.45, 7) is 2.53. The third-order valence-corrected chi connectivity index (χ3v) is 3.50. The fourth-order valence-electron chi connectivity index (χ4n) is 1.97. The van der Waals surface area contributed by atoms with Crippen LogP contribution in [0.1, 0.15) is 21.5 Å². The molecule has 1 N–H and O–H groups in total. The van der Waals surface area contributed by atoms with Crippen LogP contribution in [0.5, 0.6) is 0 Å². The molecule has 3 nitrogen and oxygen atoms in total. The number of benzene rings is 2. The standard InChI is InChI=1S/C16H15Cl2NO2/c1-10-3-4-12(16(20)21-2)7-15(10)19-9-11-5-13(17)8-14(18)6-11/h3-8,19H,9H2,1-2H3. The van der Waals surface area contributed by atoms with E-state index in [9.17, 15) is 4.79 Å². The first-order chi connectivity index (χ1) is 9.99. The number of anilines is 1. The lowest BCUT2D eigenvalue weighted by molar-refractivity contribution is 0.0601. The van der Waals surface area contributed by atoms with Crippen molar-refractivity contribution in [2.45, 2.75) is 13.5 Å². The Morgan fingerprint density at radius 3 is 2.43 bits per heavy atom. The van der Waals surface area contributed by atoms with Crippen LogP contribution in [0.25, 0.3) is 0 Å². The van der Waals surface area contributed by atoms with E-state index in [0.717, 1.165) is 16.8 Å². The fraction of sp³-hybridized carbons (Fsp3) is 0.188. The van der Waals surface area contributed by atoms with Crippen molar-refractivity contribution in [3.8, 4) is 0 Å². The van der Waals surface area contributed by atoms with E-state index in [1.807, 2.05) is 25.1 Å². The van der Waals surface area contributed by atoms with Crippen molar-refractivity contribution in [1.82, 2.24) is 0 Å². The number of methoxy groups -OCH3 is 1. The SMILES string of the molecule is COC(=O)c1ccc(C)c(NCc2cc(Cl)cc(Cl)c2)c1. The first-order valence-corrected chi connectivity index (χ1v) is 7.13. The van der Waals surface area contributed by atoms with E-state index >= 15 is 0 Å². The second kappa shape index (κ2) is 6.83. The summed E-state index contributed by atoms with van der Waals surface area (Å²) in [6.07, 6.45) is 0. The van der Waals surface area contributed by atoms with Gasteiger partial charge in [0.15, 0.2) is 0 Å². The topological polar surface area (TPSA) is 38.3 Å². The van der Waals surface area contributed by atoms with Crippen LogP contribution < -0.4 is 5.32 Å². The van der Waals surface area contributed by atoms with Crippen LogP contribution in [0, 0.1) is 6.92 Å². The lowest BCUT2D eigenvalue weighted by atomic mass is 10.1. The Morgan fingerprint density at radius 2 is 1.81 bits per heavy atom. The van der Waals surface area contributed by atoms with Crippen LogP contribution in [-0.2, 0) is 11.3 Å². The van der Waals surface area contributed by atoms with Gasteiger partial charge in [0.25, 0.3) is 0 Å². The van der Waals surface area contributed by atoms with E-state index in [4.69, 9.17) is 27.9 Å². The van der Waals surface area contributed by atoms with Gasteiger partial charge in [0.2, 0.25) is 0 Å². The van der Waals surface area contributed by atoms with Crippen LogP contribution in [-0.4, -0.2) is 13.1 Å². The molecule has 21 heavy (non-hydrogen) atoms. The van der Waals surface area contributed by atoms with Gasteiger partial charge < -0.3 is 10.1 Å². The van der Waals surface area contributed by atoms with Gasteiger partial charge >= 0.3 is 5.97 Å². The van der Waals surface area contributed by atoms with Crippen molar-refractivity contribution >= 4 is 34.9 Å². The molecule has 0 atom stereocenters. The number of ether oxygens (including phenoxy) is 1. The van der Waals surface area contributed by atoms with Gasteiger partial charge in [0.1, 0.15) is 0 Å². The molecule has 0 saturated heterocycles. The third kappa shape index (κ3) is 4.13. The summed E-state index contributed by atoms with van der Waals surface area (Å²) >= 11 is 12.0. The average molecular weight is 324 g/mol. The van der Waals surface area contributed by atoms with Crippen LogP contribution >= 0.6 is 23.2 Å². The molecule has 0 aliphatic carbocycles. The summed E-state index contributed by atoms with van der Waals surface area (Å²) in [7, 11) is 1.36. The molecule has 0 fully saturated rings. The van der Waals surface area contributed by atoms with E-state index in [0.29, 0.717) is 22.2 Å². The van der Waals surface area contributed by atoms with Crippen LogP contribution in [0.3, 0.4) is 0 Å². The Labute approximate surface area is 133 Å². The molecular weight excluding hydrogens is 309 g/mol. The van der Waals surface area contributed by atoms with E-state index in [1.54, 1.807) is 18.2 Å². The first kappa shape index (κ1) is 15.7. The molecule has 0 aliphatic heterocycles. The number of carbonyl (C=O) groups is 1. The zero-order chi connectivity index (χ0) is 15.4. The molecule has 2 aromatic carbocycles. The molecule has 110 valence electrons. The monoisotopic (exact) mass is 323 g/mol. The normalized spacial score (nSPS) is 10.3. The molecule has 0 heterocycles. The zero-order valence-electron chi connectivity index (χ0n) is 11.7. The first-order valence-electron chi connectivity index (χ1n) is 6.37. The molecule has 2 aromatic rings. The molecular formula is C16H15Cl2NO2. The maximum atomic E-state index is 11.6. The molecule has 0 bridgehead atoms. The fourth-order valence-corrected chi connectivity index (χ4v) is 2.54. The molecule has 0 aromatic heterocycles. The molecule has 0 radical (unpaired) electrons. The quantitative estimate of drug-likeness (QED) is 0.829. The van der Waals surface area contributed by atoms with Gasteiger partial charge in [0.05, 0.1) is 12.7 Å². The van der Waals surface area contributed by atoms with Crippen molar-refractivity contribution in [3.05, 3.63) is 63.1 Å². The summed E-state index contributed by atoms with van der Waals surface area (Å²) < 4.78 is 4.72. The van der Waals surface area contributed by atoms with E-state index < -0.39 is 0 Å². The van der Waals surface area contributed by atoms with Gasteiger partial charge in [-0.15, -0.1) is 0 Å². The Bertz CT molecular complexity index is 651. The van der Waals surface area contributed by atoms with Gasteiger partial charge in [-0.2, -0.15) is 0 Å². The van der Waals surface area contributed by atoms with Crippen molar-refractivity contribution in [2.24, 2.45) is 0 Å². The predicted octanol–water partition coefficient (Wildman–Crippen LogP) is 4.70. The van der Waals surface area contributed by atoms with Crippen molar-refractivity contribution in [3.63, 3.8) is 0 Å². The largest absolute Gasteiger partial charge is 0.465 e. The molecule has 5 heteroatoms. The smallest absolute Gasteiger partial charge is 0.337 e. The Balaban J connectivity index is 2.17. The summed E-state index contributed by atoms with van der Waals surface area (Å²) in [4.78, 5) is 11.6. The van der Waals surface area contributed by atoms with Gasteiger partial charge in [-0.1, -0.05) is 29.3 Å². The molecule has 0 aliphatic rings. The number of halogens is 2. The predicted molar refractivity (Wildman–Crippen MR) is 86.3 cm³/mol. The maximum absolute atomic E-state index is 11.6. The van der Waals surface area contributed by atoms with Crippen molar-refractivity contribution in [1.29, 1.82) is 0 Å². The number of esters is 1. The number of carbonyl (C=O) groups excluding carboxylic acids is 1. The highest BCUT2D eigenvalue weighted by molar-refractivity contribution is 6.34. The minimum atomic E-state index is -0.358. The third-order valence-electron chi connectivity index (χ3n) is 3.06. The number of rotatable bonds is 4. The molecule has 0 unspecified atom stereocenters. The van der Waals surface area contributed by atoms with Crippen LogP contribution in [0.15, 0.2) is 36.4 Å². The van der Waals surface area contributed by atoms with Gasteiger partial charge in [-0.05, 0) is 48.4 Å². The number of hydrogen-bond donors (Lipinski definition) is 1. The molecule has 2 rings (SSSR count). The number of aryl methyl sites for hydroxylation is 1. The minimum Gasteiger partial charge on any atom is -0.465 e. The summed E-state index contributed by atoms with van der Waals surface area (Å²) in [6, 6.07) is 10.8.